The molecule has 0 radical (unpaired) electrons. The van der Waals surface area contributed by atoms with Crippen molar-refractivity contribution in [1.29, 1.82) is 0 Å². The molecule has 3 aromatic heterocycles. The summed E-state index contributed by atoms with van der Waals surface area (Å²) in [5.41, 5.74) is -1.74. The largest absolute Gasteiger partial charge is 0.460 e. The van der Waals surface area contributed by atoms with Crippen LogP contribution in [-0.2, 0) is 5.92 Å². The molecule has 0 fully saturated rings. The summed E-state index contributed by atoms with van der Waals surface area (Å²) in [5, 5.41) is 3.63. The van der Waals surface area contributed by atoms with Crippen molar-refractivity contribution >= 4 is 34.0 Å². The molecule has 0 aliphatic rings. The maximum atomic E-state index is 14.7. The van der Waals surface area contributed by atoms with E-state index in [0.29, 0.717) is 27.6 Å². The molecular weight excluding hydrogens is 559 g/mol. The Balaban J connectivity index is 2.14. The predicted molar refractivity (Wildman–Crippen MR) is 101 cm³/mol. The van der Waals surface area contributed by atoms with Crippen LogP contribution in [0, 0.1) is 0 Å². The van der Waals surface area contributed by atoms with Crippen LogP contribution in [0.2, 0.25) is 0 Å². The quantitative estimate of drug-likeness (QED) is 0.250. The normalized spacial score (nSPS) is 14.6. The standard InChI is InChI=1S/C18H7F13S3/c19-13(20,14(21,22)15(23,24)16(25,26)17(27,28)18(29,30)31)9-4-7-34-12(9)11-8(3-6-33-11)10-2-1-5-32-10/h1-7H. The summed E-state index contributed by atoms with van der Waals surface area (Å²) in [5.74, 6) is -37.2. The highest BCUT2D eigenvalue weighted by Gasteiger charge is 2.91. The third-order valence-electron chi connectivity index (χ3n) is 4.59. The number of hydrogen-bond acceptors (Lipinski definition) is 3. The van der Waals surface area contributed by atoms with Crippen molar-refractivity contribution in [1.82, 2.24) is 0 Å². The van der Waals surface area contributed by atoms with Crippen LogP contribution in [0.25, 0.3) is 20.2 Å². The van der Waals surface area contributed by atoms with Gasteiger partial charge < -0.3 is 0 Å². The van der Waals surface area contributed by atoms with Gasteiger partial charge in [0.1, 0.15) is 0 Å². The van der Waals surface area contributed by atoms with Gasteiger partial charge in [0.15, 0.2) is 0 Å². The van der Waals surface area contributed by atoms with Gasteiger partial charge in [0.05, 0.1) is 9.75 Å². The highest BCUT2D eigenvalue weighted by atomic mass is 32.1. The zero-order valence-electron chi connectivity index (χ0n) is 15.7. The lowest BCUT2D eigenvalue weighted by atomic mass is 9.90. The molecule has 0 saturated heterocycles. The Morgan fingerprint density at radius 2 is 1.03 bits per heavy atom. The molecule has 3 rings (SSSR count). The van der Waals surface area contributed by atoms with Crippen LogP contribution >= 0.6 is 34.0 Å². The van der Waals surface area contributed by atoms with Crippen molar-refractivity contribution in [2.24, 2.45) is 0 Å². The predicted octanol–water partition coefficient (Wildman–Crippen LogP) is 9.40. The van der Waals surface area contributed by atoms with Gasteiger partial charge in [-0.15, -0.1) is 34.0 Å². The Bertz CT molecular complexity index is 1140. The smallest absolute Gasteiger partial charge is 0.194 e. The molecular formula is C18H7F13S3. The monoisotopic (exact) mass is 566 g/mol. The second-order valence-electron chi connectivity index (χ2n) is 6.67. The van der Waals surface area contributed by atoms with E-state index >= 15 is 0 Å². The number of hydrogen-bond donors (Lipinski definition) is 0. The Kier molecular flexibility index (Phi) is 6.39. The Morgan fingerprint density at radius 3 is 1.56 bits per heavy atom. The summed E-state index contributed by atoms with van der Waals surface area (Å²) in [6.07, 6.45) is -7.44. The summed E-state index contributed by atoms with van der Waals surface area (Å²) in [6.45, 7) is 0. The Labute approximate surface area is 193 Å². The van der Waals surface area contributed by atoms with Gasteiger partial charge in [-0.3, -0.25) is 0 Å². The first-order valence-corrected chi connectivity index (χ1v) is 11.1. The minimum Gasteiger partial charge on any atom is -0.194 e. The molecule has 0 bridgehead atoms. The molecule has 0 saturated carbocycles. The van der Waals surface area contributed by atoms with E-state index in [2.05, 4.69) is 0 Å². The third kappa shape index (κ3) is 3.63. The highest BCUT2D eigenvalue weighted by Crippen LogP contribution is 2.63. The van der Waals surface area contributed by atoms with E-state index in [4.69, 9.17) is 0 Å². The summed E-state index contributed by atoms with van der Waals surface area (Å²) < 4.78 is 176. The van der Waals surface area contributed by atoms with Crippen molar-refractivity contribution in [3.05, 3.63) is 46.0 Å². The molecule has 0 spiro atoms. The van der Waals surface area contributed by atoms with Crippen LogP contribution in [0.4, 0.5) is 57.1 Å². The van der Waals surface area contributed by atoms with Gasteiger partial charge in [0.25, 0.3) is 0 Å². The average molecular weight is 566 g/mol. The van der Waals surface area contributed by atoms with E-state index in [-0.39, 0.29) is 16.5 Å². The lowest BCUT2D eigenvalue weighted by Gasteiger charge is -2.39. The molecule has 34 heavy (non-hydrogen) atoms. The molecule has 16 heteroatoms. The van der Waals surface area contributed by atoms with E-state index in [0.717, 1.165) is 16.7 Å². The van der Waals surface area contributed by atoms with E-state index in [9.17, 15) is 57.1 Å². The van der Waals surface area contributed by atoms with Gasteiger partial charge in [-0.25, -0.2) is 0 Å². The van der Waals surface area contributed by atoms with Crippen LogP contribution in [0.5, 0.6) is 0 Å². The first kappa shape index (κ1) is 26.8. The summed E-state index contributed by atoms with van der Waals surface area (Å²) in [6, 6.07) is 4.60. The lowest BCUT2D eigenvalue weighted by Crippen LogP contribution is -2.69. The van der Waals surface area contributed by atoms with E-state index < -0.39 is 46.2 Å². The van der Waals surface area contributed by atoms with E-state index in [1.165, 1.54) is 17.5 Å². The minimum atomic E-state index is -7.92. The second kappa shape index (κ2) is 8.11. The van der Waals surface area contributed by atoms with Crippen LogP contribution in [0.3, 0.4) is 0 Å². The molecule has 0 amide bonds. The summed E-state index contributed by atoms with van der Waals surface area (Å²) in [4.78, 5) is -0.490. The highest BCUT2D eigenvalue weighted by molar-refractivity contribution is 7.21. The van der Waals surface area contributed by atoms with Crippen LogP contribution in [-0.4, -0.2) is 29.9 Å². The molecule has 188 valence electrons. The topological polar surface area (TPSA) is 0 Å². The van der Waals surface area contributed by atoms with Gasteiger partial charge in [0, 0.05) is 16.0 Å². The molecule has 0 atom stereocenters. The second-order valence-corrected chi connectivity index (χ2v) is 9.45. The van der Waals surface area contributed by atoms with Gasteiger partial charge in [0.2, 0.25) is 0 Å². The van der Waals surface area contributed by atoms with Crippen molar-refractivity contribution < 1.29 is 57.1 Å². The maximum absolute atomic E-state index is 14.7. The number of thiophene rings is 3. The minimum absolute atomic E-state index is 0.154. The van der Waals surface area contributed by atoms with Crippen LogP contribution < -0.4 is 0 Å². The Hall–Kier alpha value is -1.81. The average Bonchev–Trinajstić information content (AvgIpc) is 3.46. The van der Waals surface area contributed by atoms with Crippen LogP contribution in [0.1, 0.15) is 5.56 Å². The maximum Gasteiger partial charge on any atom is 0.460 e. The molecule has 0 aromatic carbocycles. The van der Waals surface area contributed by atoms with Crippen molar-refractivity contribution in [2.75, 3.05) is 0 Å². The fourth-order valence-corrected chi connectivity index (χ4v) is 5.64. The molecule has 0 unspecified atom stereocenters. The number of halogens is 13. The SMILES string of the molecule is FC(F)(F)C(F)(F)C(F)(F)C(F)(F)C(F)(F)C(F)(F)c1ccsc1-c1sccc1-c1cccs1. The molecule has 0 N–H and O–H groups in total. The van der Waals surface area contributed by atoms with Gasteiger partial charge >= 0.3 is 35.8 Å². The molecule has 0 aliphatic heterocycles. The fourth-order valence-electron chi connectivity index (χ4n) is 2.78. The number of alkyl halides is 13. The van der Waals surface area contributed by atoms with Crippen LogP contribution in [0.15, 0.2) is 40.4 Å². The molecule has 0 nitrogen and oxygen atoms in total. The van der Waals surface area contributed by atoms with Gasteiger partial charge in [-0.2, -0.15) is 57.1 Å². The Morgan fingerprint density at radius 1 is 0.500 bits per heavy atom. The molecule has 0 aliphatic carbocycles. The zero-order chi connectivity index (χ0) is 26.0. The zero-order valence-corrected chi connectivity index (χ0v) is 18.1. The summed E-state index contributed by atoms with van der Waals surface area (Å²) >= 11 is 2.12. The van der Waals surface area contributed by atoms with Crippen molar-refractivity contribution in [3.8, 4) is 20.2 Å². The van der Waals surface area contributed by atoms with Crippen molar-refractivity contribution in [2.45, 2.75) is 35.8 Å². The van der Waals surface area contributed by atoms with Gasteiger partial charge in [-0.1, -0.05) is 6.07 Å². The first-order valence-electron chi connectivity index (χ1n) is 8.48. The van der Waals surface area contributed by atoms with Gasteiger partial charge in [-0.05, 0) is 34.3 Å². The van der Waals surface area contributed by atoms with E-state index in [1.807, 2.05) is 0 Å². The first-order chi connectivity index (χ1) is 15.3. The lowest BCUT2D eigenvalue weighted by molar-refractivity contribution is -0.441. The fraction of sp³-hybridized carbons (Fsp3) is 0.333. The van der Waals surface area contributed by atoms with E-state index in [1.54, 1.807) is 11.4 Å². The third-order valence-corrected chi connectivity index (χ3v) is 7.49. The number of rotatable bonds is 7. The van der Waals surface area contributed by atoms with Crippen molar-refractivity contribution in [3.63, 3.8) is 0 Å². The summed E-state index contributed by atoms with van der Waals surface area (Å²) in [7, 11) is 0. The molecule has 3 aromatic rings. The molecule has 3 heterocycles.